The molecule has 0 aromatic carbocycles. The van der Waals surface area contributed by atoms with E-state index in [4.69, 9.17) is 0 Å². The van der Waals surface area contributed by atoms with Gasteiger partial charge in [0.2, 0.25) is 5.91 Å². The molecule has 0 fully saturated rings. The van der Waals surface area contributed by atoms with Gasteiger partial charge in [0.05, 0.1) is 18.8 Å². The monoisotopic (exact) mass is 678 g/mol. The Morgan fingerprint density at radius 2 is 0.771 bits per heavy atom. The van der Waals surface area contributed by atoms with Crippen LogP contribution in [0.2, 0.25) is 0 Å². The molecule has 286 valence electrons. The lowest BCUT2D eigenvalue weighted by molar-refractivity contribution is -0.123. The van der Waals surface area contributed by atoms with Crippen LogP contribution in [0.3, 0.4) is 0 Å². The molecule has 4 nitrogen and oxygen atoms in total. The first-order valence-electron chi connectivity index (χ1n) is 21.9. The number of hydrogen-bond donors (Lipinski definition) is 3. The van der Waals surface area contributed by atoms with Crippen LogP contribution >= 0.6 is 0 Å². The van der Waals surface area contributed by atoms with E-state index in [1.165, 1.54) is 199 Å². The summed E-state index contributed by atoms with van der Waals surface area (Å²) in [6.07, 6.45) is 50.8. The number of nitrogens with one attached hydrogen (secondary N) is 1. The maximum absolute atomic E-state index is 12.2. The molecular formula is C44H87NO3. The molecule has 0 rings (SSSR count). The van der Waals surface area contributed by atoms with Gasteiger partial charge in [-0.05, 0) is 19.3 Å². The Morgan fingerprint density at radius 3 is 1.08 bits per heavy atom. The van der Waals surface area contributed by atoms with Crippen LogP contribution in [0, 0.1) is 0 Å². The molecule has 0 bridgehead atoms. The number of hydrogen-bond acceptors (Lipinski definition) is 3. The summed E-state index contributed by atoms with van der Waals surface area (Å²) in [5.41, 5.74) is 0. The van der Waals surface area contributed by atoms with Crippen molar-refractivity contribution < 1.29 is 15.0 Å². The maximum Gasteiger partial charge on any atom is 0.220 e. The number of carbonyl (C=O) groups excluding carboxylic acids is 1. The van der Waals surface area contributed by atoms with Gasteiger partial charge in [-0.25, -0.2) is 0 Å². The Morgan fingerprint density at radius 1 is 0.479 bits per heavy atom. The number of amides is 1. The maximum atomic E-state index is 12.2. The average Bonchev–Trinajstić information content (AvgIpc) is 3.09. The van der Waals surface area contributed by atoms with Crippen LogP contribution in [0.5, 0.6) is 0 Å². The van der Waals surface area contributed by atoms with Crippen molar-refractivity contribution in [2.24, 2.45) is 0 Å². The Hall–Kier alpha value is -0.870. The van der Waals surface area contributed by atoms with E-state index in [9.17, 15) is 15.0 Å². The topological polar surface area (TPSA) is 69.6 Å². The van der Waals surface area contributed by atoms with E-state index in [2.05, 4.69) is 19.2 Å². The van der Waals surface area contributed by atoms with Crippen LogP contribution < -0.4 is 5.32 Å². The van der Waals surface area contributed by atoms with Gasteiger partial charge >= 0.3 is 0 Å². The molecule has 0 aliphatic rings. The highest BCUT2D eigenvalue weighted by molar-refractivity contribution is 5.76. The lowest BCUT2D eigenvalue weighted by atomic mass is 10.0. The van der Waals surface area contributed by atoms with E-state index >= 15 is 0 Å². The molecule has 0 aliphatic heterocycles. The summed E-state index contributed by atoms with van der Waals surface area (Å²) in [4.78, 5) is 12.2. The van der Waals surface area contributed by atoms with Gasteiger partial charge in [0, 0.05) is 6.42 Å². The minimum absolute atomic E-state index is 0.0715. The van der Waals surface area contributed by atoms with E-state index in [1.54, 1.807) is 6.08 Å². The number of rotatable bonds is 40. The highest BCUT2D eigenvalue weighted by Gasteiger charge is 2.17. The number of aliphatic hydroxyl groups is 2. The zero-order valence-corrected chi connectivity index (χ0v) is 32.8. The first-order chi connectivity index (χ1) is 23.7. The minimum atomic E-state index is -0.831. The second-order valence-electron chi connectivity index (χ2n) is 15.1. The Kier molecular flexibility index (Phi) is 39.8. The summed E-state index contributed by atoms with van der Waals surface area (Å²) in [6, 6.07) is -0.613. The second kappa shape index (κ2) is 40.6. The SMILES string of the molecule is CCCCCCCCCCCCCCCCCCCCCCCCCCCCCC/C=C/C(O)C(CO)NC(=O)CCCCCCCC. The zero-order valence-electron chi connectivity index (χ0n) is 32.8. The summed E-state index contributed by atoms with van der Waals surface area (Å²) < 4.78 is 0. The standard InChI is InChI=1S/C44H87NO3/c1-3-5-7-9-11-12-13-14-15-16-17-18-19-20-21-22-23-24-25-26-27-28-29-30-31-32-33-34-35-37-39-43(47)42(41-46)45-44(48)40-38-36-10-8-6-4-2/h37,39,42-43,46-47H,3-36,38,40-41H2,1-2H3,(H,45,48)/b39-37+. The minimum Gasteiger partial charge on any atom is -0.394 e. The van der Waals surface area contributed by atoms with Crippen molar-refractivity contribution in [2.75, 3.05) is 6.61 Å². The van der Waals surface area contributed by atoms with Gasteiger partial charge in [-0.2, -0.15) is 0 Å². The third kappa shape index (κ3) is 36.4. The number of allylic oxidation sites excluding steroid dienone is 1. The second-order valence-corrected chi connectivity index (χ2v) is 15.1. The van der Waals surface area contributed by atoms with Gasteiger partial charge in [0.25, 0.3) is 0 Å². The van der Waals surface area contributed by atoms with E-state index in [1.807, 2.05) is 6.08 Å². The van der Waals surface area contributed by atoms with Crippen molar-refractivity contribution in [1.82, 2.24) is 5.32 Å². The Bertz CT molecular complexity index is 651. The fraction of sp³-hybridized carbons (Fsp3) is 0.932. The third-order valence-electron chi connectivity index (χ3n) is 10.3. The smallest absolute Gasteiger partial charge is 0.220 e. The molecule has 3 N–H and O–H groups in total. The predicted octanol–water partition coefficient (Wildman–Crippen LogP) is 13.5. The van der Waals surface area contributed by atoms with Crippen molar-refractivity contribution in [3.63, 3.8) is 0 Å². The number of unbranched alkanes of at least 4 members (excludes halogenated alkanes) is 33. The highest BCUT2D eigenvalue weighted by Crippen LogP contribution is 2.16. The molecule has 0 aromatic rings. The van der Waals surface area contributed by atoms with Crippen LogP contribution in [-0.2, 0) is 4.79 Å². The summed E-state index contributed by atoms with van der Waals surface area (Å²) in [5.74, 6) is -0.0715. The molecule has 0 heterocycles. The lowest BCUT2D eigenvalue weighted by Gasteiger charge is -2.20. The van der Waals surface area contributed by atoms with Crippen molar-refractivity contribution in [1.29, 1.82) is 0 Å². The van der Waals surface area contributed by atoms with Gasteiger partial charge < -0.3 is 15.5 Å². The lowest BCUT2D eigenvalue weighted by Crippen LogP contribution is -2.45. The molecule has 4 heteroatoms. The van der Waals surface area contributed by atoms with Crippen LogP contribution in [0.25, 0.3) is 0 Å². The van der Waals surface area contributed by atoms with Crippen LogP contribution in [0.1, 0.15) is 245 Å². The molecular weight excluding hydrogens is 590 g/mol. The van der Waals surface area contributed by atoms with E-state index in [0.29, 0.717) is 6.42 Å². The predicted molar refractivity (Wildman–Crippen MR) is 212 cm³/mol. The molecule has 48 heavy (non-hydrogen) atoms. The quantitative estimate of drug-likeness (QED) is 0.0446. The molecule has 0 aromatic heterocycles. The van der Waals surface area contributed by atoms with Gasteiger partial charge in [0.1, 0.15) is 0 Å². The van der Waals surface area contributed by atoms with Gasteiger partial charge in [0.15, 0.2) is 0 Å². The van der Waals surface area contributed by atoms with E-state index in [0.717, 1.165) is 25.7 Å². The molecule has 0 radical (unpaired) electrons. The summed E-state index contributed by atoms with van der Waals surface area (Å²) in [7, 11) is 0. The molecule has 2 unspecified atom stereocenters. The fourth-order valence-electron chi connectivity index (χ4n) is 6.89. The van der Waals surface area contributed by atoms with Gasteiger partial charge in [-0.3, -0.25) is 4.79 Å². The van der Waals surface area contributed by atoms with Crippen molar-refractivity contribution in [3.05, 3.63) is 12.2 Å². The first-order valence-corrected chi connectivity index (χ1v) is 21.9. The number of carbonyl (C=O) groups is 1. The van der Waals surface area contributed by atoms with Crippen LogP contribution in [-0.4, -0.2) is 34.9 Å². The van der Waals surface area contributed by atoms with Gasteiger partial charge in [-0.15, -0.1) is 0 Å². The Labute approximate surface area is 301 Å². The molecule has 0 aliphatic carbocycles. The fourth-order valence-corrected chi connectivity index (χ4v) is 6.89. The normalized spacial score (nSPS) is 13.0. The summed E-state index contributed by atoms with van der Waals surface area (Å²) >= 11 is 0. The third-order valence-corrected chi connectivity index (χ3v) is 10.3. The molecule has 2 atom stereocenters. The first kappa shape index (κ1) is 47.1. The van der Waals surface area contributed by atoms with Crippen molar-refractivity contribution in [3.8, 4) is 0 Å². The van der Waals surface area contributed by atoms with Crippen LogP contribution in [0.15, 0.2) is 12.2 Å². The van der Waals surface area contributed by atoms with Crippen LogP contribution in [0.4, 0.5) is 0 Å². The largest absolute Gasteiger partial charge is 0.394 e. The summed E-state index contributed by atoms with van der Waals surface area (Å²) in [5, 5.41) is 22.8. The summed E-state index contributed by atoms with van der Waals surface area (Å²) in [6.45, 7) is 4.26. The average molecular weight is 678 g/mol. The van der Waals surface area contributed by atoms with Crippen molar-refractivity contribution >= 4 is 5.91 Å². The molecule has 0 spiro atoms. The molecule has 0 saturated carbocycles. The number of aliphatic hydroxyl groups excluding tert-OH is 2. The van der Waals surface area contributed by atoms with Crippen molar-refractivity contribution in [2.45, 2.75) is 257 Å². The van der Waals surface area contributed by atoms with E-state index in [-0.39, 0.29) is 12.5 Å². The Balaban J connectivity index is 3.36. The molecule has 0 saturated heterocycles. The van der Waals surface area contributed by atoms with E-state index < -0.39 is 12.1 Å². The van der Waals surface area contributed by atoms with Gasteiger partial charge in [-0.1, -0.05) is 231 Å². The molecule has 1 amide bonds. The highest BCUT2D eigenvalue weighted by atomic mass is 16.3. The zero-order chi connectivity index (χ0) is 35.0.